The molecule has 4 nitrogen and oxygen atoms in total. The van der Waals surface area contributed by atoms with Gasteiger partial charge < -0.3 is 9.88 Å². The van der Waals surface area contributed by atoms with Gasteiger partial charge in [-0.2, -0.15) is 0 Å². The molecule has 0 saturated heterocycles. The van der Waals surface area contributed by atoms with E-state index in [4.69, 9.17) is 0 Å². The maximum atomic E-state index is 12.3. The van der Waals surface area contributed by atoms with E-state index in [-0.39, 0.29) is 16.9 Å². The Hall–Kier alpha value is -2.10. The predicted molar refractivity (Wildman–Crippen MR) is 72.0 cm³/mol. The number of benzene rings is 1. The Labute approximate surface area is 105 Å². The van der Waals surface area contributed by atoms with Crippen LogP contribution in [0.1, 0.15) is 22.8 Å². The lowest BCUT2D eigenvalue weighted by Crippen LogP contribution is -2.27. The molecule has 0 spiro atoms. The number of carbonyl (C=O) groups is 1. The Morgan fingerprint density at radius 2 is 2.11 bits per heavy atom. The highest BCUT2D eigenvalue weighted by molar-refractivity contribution is 5.97. The highest BCUT2D eigenvalue weighted by Crippen LogP contribution is 2.14. The summed E-state index contributed by atoms with van der Waals surface area (Å²) in [6.07, 6.45) is 1.62. The highest BCUT2D eigenvalue weighted by Gasteiger charge is 2.13. The molecule has 0 fully saturated rings. The number of amides is 1. The summed E-state index contributed by atoms with van der Waals surface area (Å²) in [7, 11) is 1.53. The van der Waals surface area contributed by atoms with Crippen molar-refractivity contribution in [2.45, 2.75) is 20.4 Å². The van der Waals surface area contributed by atoms with Gasteiger partial charge in [-0.25, -0.2) is 0 Å². The average molecular weight is 244 g/mol. The zero-order valence-electron chi connectivity index (χ0n) is 10.8. The fourth-order valence-corrected chi connectivity index (χ4v) is 2.07. The molecule has 1 amide bonds. The van der Waals surface area contributed by atoms with Crippen LogP contribution in [-0.4, -0.2) is 17.5 Å². The quantitative estimate of drug-likeness (QED) is 0.874. The summed E-state index contributed by atoms with van der Waals surface area (Å²) in [5, 5.41) is 3.10. The molecule has 1 aromatic heterocycles. The summed E-state index contributed by atoms with van der Waals surface area (Å²) in [4.78, 5) is 24.0. The standard InChI is InChI=1S/C14H16N2O2/c1-4-16-8-11(14(18)15-3)13(17)10-7-9(2)5-6-12(10)16/h5-8H,4H2,1-3H3,(H,15,18). The molecular formula is C14H16N2O2. The van der Waals surface area contributed by atoms with Gasteiger partial charge in [0.05, 0.1) is 5.52 Å². The SMILES string of the molecule is CCn1cc(C(=O)NC)c(=O)c2cc(C)ccc21. The third-order valence-electron chi connectivity index (χ3n) is 3.05. The van der Waals surface area contributed by atoms with Crippen molar-refractivity contribution < 1.29 is 4.79 Å². The Kier molecular flexibility index (Phi) is 3.19. The van der Waals surface area contributed by atoms with E-state index in [1.807, 2.05) is 36.6 Å². The lowest BCUT2D eigenvalue weighted by atomic mass is 10.1. The van der Waals surface area contributed by atoms with Gasteiger partial charge in [0.2, 0.25) is 5.43 Å². The number of hydrogen-bond acceptors (Lipinski definition) is 2. The van der Waals surface area contributed by atoms with E-state index in [9.17, 15) is 9.59 Å². The van der Waals surface area contributed by atoms with Crippen molar-refractivity contribution in [3.05, 3.63) is 45.7 Å². The normalized spacial score (nSPS) is 10.6. The first-order valence-corrected chi connectivity index (χ1v) is 5.94. The van der Waals surface area contributed by atoms with Gasteiger partial charge >= 0.3 is 0 Å². The molecule has 0 aliphatic carbocycles. The van der Waals surface area contributed by atoms with E-state index < -0.39 is 0 Å². The van der Waals surface area contributed by atoms with Crippen LogP contribution < -0.4 is 10.7 Å². The van der Waals surface area contributed by atoms with Crippen molar-refractivity contribution in [3.8, 4) is 0 Å². The smallest absolute Gasteiger partial charge is 0.256 e. The van der Waals surface area contributed by atoms with E-state index in [1.165, 1.54) is 7.05 Å². The van der Waals surface area contributed by atoms with Crippen LogP contribution in [-0.2, 0) is 6.54 Å². The number of nitrogens with one attached hydrogen (secondary N) is 1. The Balaban J connectivity index is 2.88. The number of nitrogens with zero attached hydrogens (tertiary/aromatic N) is 1. The second-order valence-electron chi connectivity index (χ2n) is 4.26. The van der Waals surface area contributed by atoms with E-state index in [2.05, 4.69) is 5.32 Å². The van der Waals surface area contributed by atoms with Crippen LogP contribution in [0.2, 0.25) is 0 Å². The van der Waals surface area contributed by atoms with Gasteiger partial charge in [-0.05, 0) is 26.0 Å². The number of carbonyl (C=O) groups excluding carboxylic acids is 1. The maximum absolute atomic E-state index is 12.3. The molecule has 0 aliphatic heterocycles. The summed E-state index contributed by atoms with van der Waals surface area (Å²) in [5.74, 6) is -0.342. The van der Waals surface area contributed by atoms with Crippen LogP contribution in [0.5, 0.6) is 0 Å². The van der Waals surface area contributed by atoms with Crippen LogP contribution in [0.15, 0.2) is 29.2 Å². The number of hydrogen-bond donors (Lipinski definition) is 1. The van der Waals surface area contributed by atoms with Crippen LogP contribution in [0.4, 0.5) is 0 Å². The number of pyridine rings is 1. The minimum absolute atomic E-state index is 0.192. The summed E-state index contributed by atoms with van der Waals surface area (Å²) in [6, 6.07) is 5.72. The van der Waals surface area contributed by atoms with Crippen molar-refractivity contribution in [1.82, 2.24) is 9.88 Å². The van der Waals surface area contributed by atoms with E-state index in [1.54, 1.807) is 6.20 Å². The van der Waals surface area contributed by atoms with Gasteiger partial charge in [0.1, 0.15) is 5.56 Å². The molecule has 2 rings (SSSR count). The fourth-order valence-electron chi connectivity index (χ4n) is 2.07. The first-order chi connectivity index (χ1) is 8.58. The molecule has 0 bridgehead atoms. The number of aromatic nitrogens is 1. The molecule has 4 heteroatoms. The van der Waals surface area contributed by atoms with Crippen LogP contribution in [0.25, 0.3) is 10.9 Å². The third kappa shape index (κ3) is 1.90. The number of fused-ring (bicyclic) bond motifs is 1. The topological polar surface area (TPSA) is 51.1 Å². The van der Waals surface area contributed by atoms with Crippen LogP contribution >= 0.6 is 0 Å². The zero-order valence-corrected chi connectivity index (χ0v) is 10.8. The predicted octanol–water partition coefficient (Wildman–Crippen LogP) is 1.69. The second-order valence-corrected chi connectivity index (χ2v) is 4.26. The third-order valence-corrected chi connectivity index (χ3v) is 3.05. The van der Waals surface area contributed by atoms with E-state index in [0.29, 0.717) is 11.9 Å². The molecule has 2 aromatic rings. The summed E-state index contributed by atoms with van der Waals surface area (Å²) in [5.41, 5.74) is 1.85. The molecular weight excluding hydrogens is 228 g/mol. The fraction of sp³-hybridized carbons (Fsp3) is 0.286. The molecule has 1 heterocycles. The van der Waals surface area contributed by atoms with E-state index >= 15 is 0 Å². The Bertz CT molecular complexity index is 671. The van der Waals surface area contributed by atoms with Crippen molar-refractivity contribution in [2.75, 3.05) is 7.05 Å². The van der Waals surface area contributed by atoms with E-state index in [0.717, 1.165) is 11.1 Å². The lowest BCUT2D eigenvalue weighted by Gasteiger charge is -2.11. The first-order valence-electron chi connectivity index (χ1n) is 5.94. The summed E-state index contributed by atoms with van der Waals surface area (Å²) in [6.45, 7) is 4.63. The average Bonchev–Trinajstić information content (AvgIpc) is 2.39. The maximum Gasteiger partial charge on any atom is 0.256 e. The Morgan fingerprint density at radius 3 is 2.72 bits per heavy atom. The van der Waals surface area contributed by atoms with Gasteiger partial charge in [0.15, 0.2) is 0 Å². The summed E-state index contributed by atoms with van der Waals surface area (Å²) < 4.78 is 1.92. The van der Waals surface area contributed by atoms with Crippen LogP contribution in [0.3, 0.4) is 0 Å². The molecule has 0 aliphatic rings. The molecule has 1 aromatic carbocycles. The molecule has 94 valence electrons. The van der Waals surface area contributed by atoms with Crippen molar-refractivity contribution in [2.24, 2.45) is 0 Å². The van der Waals surface area contributed by atoms with Gasteiger partial charge in [-0.3, -0.25) is 9.59 Å². The second kappa shape index (κ2) is 4.64. The van der Waals surface area contributed by atoms with Crippen molar-refractivity contribution in [3.63, 3.8) is 0 Å². The largest absolute Gasteiger partial charge is 0.355 e. The van der Waals surface area contributed by atoms with Crippen LogP contribution in [0, 0.1) is 6.92 Å². The molecule has 0 saturated carbocycles. The van der Waals surface area contributed by atoms with Gasteiger partial charge in [-0.15, -0.1) is 0 Å². The highest BCUT2D eigenvalue weighted by atomic mass is 16.2. The molecule has 0 unspecified atom stereocenters. The molecule has 1 N–H and O–H groups in total. The lowest BCUT2D eigenvalue weighted by molar-refractivity contribution is 0.0961. The molecule has 0 atom stereocenters. The monoisotopic (exact) mass is 244 g/mol. The minimum atomic E-state index is -0.342. The minimum Gasteiger partial charge on any atom is -0.355 e. The zero-order chi connectivity index (χ0) is 13.3. The molecule has 0 radical (unpaired) electrons. The van der Waals surface area contributed by atoms with Crippen molar-refractivity contribution >= 4 is 16.8 Å². The number of aryl methyl sites for hydroxylation is 2. The Morgan fingerprint density at radius 1 is 1.39 bits per heavy atom. The molecule has 18 heavy (non-hydrogen) atoms. The van der Waals surface area contributed by atoms with Crippen molar-refractivity contribution in [1.29, 1.82) is 0 Å². The summed E-state index contributed by atoms with van der Waals surface area (Å²) >= 11 is 0. The first kappa shape index (κ1) is 12.4. The van der Waals surface area contributed by atoms with Gasteiger partial charge in [-0.1, -0.05) is 11.6 Å². The van der Waals surface area contributed by atoms with Gasteiger partial charge in [0, 0.05) is 25.2 Å². The van der Waals surface area contributed by atoms with Gasteiger partial charge in [0.25, 0.3) is 5.91 Å². The number of rotatable bonds is 2.